The van der Waals surface area contributed by atoms with Crippen LogP contribution in [0, 0.1) is 19.8 Å². The third kappa shape index (κ3) is 4.49. The molecule has 5 nitrogen and oxygen atoms in total. The molecule has 0 spiro atoms. The molecule has 2 atom stereocenters. The van der Waals surface area contributed by atoms with Crippen LogP contribution in [0.4, 0.5) is 5.69 Å². The monoisotopic (exact) mass is 282 g/mol. The molecule has 1 aromatic rings. The van der Waals surface area contributed by atoms with Crippen molar-refractivity contribution in [2.45, 2.75) is 53.7 Å². The second-order valence-corrected chi connectivity index (χ2v) is 5.79. The molecule has 0 radical (unpaired) electrons. The molecule has 0 fully saturated rings. The Morgan fingerprint density at radius 2 is 1.95 bits per heavy atom. The lowest BCUT2D eigenvalue weighted by atomic mass is 10.1. The average Bonchev–Trinajstić information content (AvgIpc) is 2.65. The summed E-state index contributed by atoms with van der Waals surface area (Å²) in [5.41, 5.74) is 8.41. The van der Waals surface area contributed by atoms with E-state index in [4.69, 9.17) is 5.73 Å². The highest BCUT2D eigenvalue weighted by atomic mass is 16.3. The fraction of sp³-hybridized carbons (Fsp3) is 0.800. The molecule has 116 valence electrons. The van der Waals surface area contributed by atoms with E-state index < -0.39 is 6.10 Å². The van der Waals surface area contributed by atoms with Crippen molar-refractivity contribution in [1.29, 1.82) is 0 Å². The molecule has 0 saturated carbocycles. The van der Waals surface area contributed by atoms with Crippen LogP contribution in [0.5, 0.6) is 0 Å². The van der Waals surface area contributed by atoms with E-state index in [2.05, 4.69) is 30.8 Å². The standard InChI is InChI=1S/C15H30N4O/c1-6-11(3)8-18(7-2)9-14(20)10-19-13(5)15(16)12(4)17-19/h11,14,20H,6-10,16H2,1-5H3. The van der Waals surface area contributed by atoms with Gasteiger partial charge in [-0.15, -0.1) is 0 Å². The van der Waals surface area contributed by atoms with Crippen LogP contribution in [0.2, 0.25) is 0 Å². The minimum atomic E-state index is -0.420. The van der Waals surface area contributed by atoms with Crippen molar-refractivity contribution in [3.8, 4) is 0 Å². The summed E-state index contributed by atoms with van der Waals surface area (Å²) in [7, 11) is 0. The Balaban J connectivity index is 2.57. The van der Waals surface area contributed by atoms with E-state index in [0.717, 1.165) is 30.2 Å². The number of nitrogens with two attached hydrogens (primary N) is 1. The van der Waals surface area contributed by atoms with Gasteiger partial charge in [0.05, 0.1) is 29.7 Å². The van der Waals surface area contributed by atoms with E-state index in [1.165, 1.54) is 6.42 Å². The zero-order valence-corrected chi connectivity index (χ0v) is 13.6. The molecule has 0 aliphatic carbocycles. The van der Waals surface area contributed by atoms with Crippen LogP contribution >= 0.6 is 0 Å². The summed E-state index contributed by atoms with van der Waals surface area (Å²) in [6, 6.07) is 0. The van der Waals surface area contributed by atoms with E-state index in [1.54, 1.807) is 0 Å². The van der Waals surface area contributed by atoms with E-state index in [9.17, 15) is 5.11 Å². The Morgan fingerprint density at radius 3 is 2.40 bits per heavy atom. The van der Waals surface area contributed by atoms with Gasteiger partial charge in [0.15, 0.2) is 0 Å². The number of nitrogens with zero attached hydrogens (tertiary/aromatic N) is 3. The summed E-state index contributed by atoms with van der Waals surface area (Å²) in [6.45, 7) is 13.6. The lowest BCUT2D eigenvalue weighted by Gasteiger charge is -2.26. The smallest absolute Gasteiger partial charge is 0.0862 e. The molecule has 1 aromatic heterocycles. The summed E-state index contributed by atoms with van der Waals surface area (Å²) in [5, 5.41) is 14.6. The Labute approximate surface area is 122 Å². The Kier molecular flexibility index (Phi) is 6.49. The number of rotatable bonds is 8. The van der Waals surface area contributed by atoms with Crippen LogP contribution < -0.4 is 5.73 Å². The zero-order chi connectivity index (χ0) is 15.3. The number of anilines is 1. The van der Waals surface area contributed by atoms with E-state index in [-0.39, 0.29) is 0 Å². The normalized spacial score (nSPS) is 14.8. The Morgan fingerprint density at radius 1 is 1.30 bits per heavy atom. The number of aliphatic hydroxyl groups is 1. The topological polar surface area (TPSA) is 67.3 Å². The van der Waals surface area contributed by atoms with Gasteiger partial charge in [-0.1, -0.05) is 27.2 Å². The SMILES string of the molecule is CCC(C)CN(CC)CC(O)Cn1nc(C)c(N)c1C. The number of likely N-dealkylation sites (N-methyl/N-ethyl adjacent to an activating group) is 1. The second kappa shape index (κ2) is 7.64. The second-order valence-electron chi connectivity index (χ2n) is 5.79. The predicted octanol–water partition coefficient (Wildman–Crippen LogP) is 1.81. The van der Waals surface area contributed by atoms with Gasteiger partial charge in [-0.3, -0.25) is 4.68 Å². The van der Waals surface area contributed by atoms with E-state index >= 15 is 0 Å². The molecule has 0 bridgehead atoms. The maximum absolute atomic E-state index is 10.3. The van der Waals surface area contributed by atoms with Crippen molar-refractivity contribution in [3.63, 3.8) is 0 Å². The quantitative estimate of drug-likeness (QED) is 0.763. The van der Waals surface area contributed by atoms with Gasteiger partial charge in [-0.2, -0.15) is 5.10 Å². The number of nitrogen functional groups attached to an aromatic ring is 1. The predicted molar refractivity (Wildman–Crippen MR) is 83.7 cm³/mol. The third-order valence-electron chi connectivity index (χ3n) is 4.00. The molecule has 2 unspecified atom stereocenters. The van der Waals surface area contributed by atoms with Crippen LogP contribution in [0.1, 0.15) is 38.6 Å². The van der Waals surface area contributed by atoms with E-state index in [1.807, 2.05) is 18.5 Å². The molecule has 1 rings (SSSR count). The van der Waals surface area contributed by atoms with Gasteiger partial charge in [0, 0.05) is 13.1 Å². The molecule has 1 heterocycles. The summed E-state index contributed by atoms with van der Waals surface area (Å²) < 4.78 is 1.81. The van der Waals surface area contributed by atoms with Crippen molar-refractivity contribution < 1.29 is 5.11 Å². The molecule has 0 aliphatic rings. The number of aryl methyl sites for hydroxylation is 1. The molecule has 0 aromatic carbocycles. The molecular formula is C15H30N4O. The van der Waals surface area contributed by atoms with Gasteiger partial charge in [0.2, 0.25) is 0 Å². The maximum Gasteiger partial charge on any atom is 0.0862 e. The minimum Gasteiger partial charge on any atom is -0.396 e. The van der Waals surface area contributed by atoms with Gasteiger partial charge >= 0.3 is 0 Å². The first-order valence-corrected chi connectivity index (χ1v) is 7.58. The summed E-state index contributed by atoms with van der Waals surface area (Å²) in [6.07, 6.45) is 0.747. The van der Waals surface area contributed by atoms with Crippen molar-refractivity contribution in [1.82, 2.24) is 14.7 Å². The third-order valence-corrected chi connectivity index (χ3v) is 4.00. The Bertz CT molecular complexity index is 416. The van der Waals surface area contributed by atoms with Crippen molar-refractivity contribution in [3.05, 3.63) is 11.4 Å². The lowest BCUT2D eigenvalue weighted by Crippen LogP contribution is -2.37. The van der Waals surface area contributed by atoms with Crippen molar-refractivity contribution >= 4 is 5.69 Å². The molecular weight excluding hydrogens is 252 g/mol. The minimum absolute atomic E-state index is 0.420. The van der Waals surface area contributed by atoms with Gasteiger partial charge in [0.1, 0.15) is 0 Å². The van der Waals surface area contributed by atoms with Gasteiger partial charge in [-0.25, -0.2) is 0 Å². The molecule has 20 heavy (non-hydrogen) atoms. The van der Waals surface area contributed by atoms with Crippen molar-refractivity contribution in [2.24, 2.45) is 5.92 Å². The van der Waals surface area contributed by atoms with Gasteiger partial charge < -0.3 is 15.7 Å². The van der Waals surface area contributed by atoms with Crippen molar-refractivity contribution in [2.75, 3.05) is 25.4 Å². The highest BCUT2D eigenvalue weighted by Gasteiger charge is 2.16. The first kappa shape index (κ1) is 17.0. The van der Waals surface area contributed by atoms with Crippen LogP contribution in [-0.2, 0) is 6.54 Å². The molecule has 0 saturated heterocycles. The highest BCUT2D eigenvalue weighted by molar-refractivity contribution is 5.46. The fourth-order valence-corrected chi connectivity index (χ4v) is 2.35. The number of hydrogen-bond donors (Lipinski definition) is 2. The summed E-state index contributed by atoms with van der Waals surface area (Å²) in [5.74, 6) is 0.659. The number of hydrogen-bond acceptors (Lipinski definition) is 4. The number of aromatic nitrogens is 2. The van der Waals surface area contributed by atoms with E-state index in [0.29, 0.717) is 19.0 Å². The van der Waals surface area contributed by atoms with Crippen LogP contribution in [0.3, 0.4) is 0 Å². The summed E-state index contributed by atoms with van der Waals surface area (Å²) in [4.78, 5) is 2.30. The van der Waals surface area contributed by atoms with Crippen LogP contribution in [-0.4, -0.2) is 45.5 Å². The molecule has 0 amide bonds. The summed E-state index contributed by atoms with van der Waals surface area (Å²) >= 11 is 0. The molecule has 0 aliphatic heterocycles. The lowest BCUT2D eigenvalue weighted by molar-refractivity contribution is 0.0898. The highest BCUT2D eigenvalue weighted by Crippen LogP contribution is 2.15. The zero-order valence-electron chi connectivity index (χ0n) is 13.6. The first-order chi connectivity index (χ1) is 9.38. The van der Waals surface area contributed by atoms with Gasteiger partial charge in [0.25, 0.3) is 0 Å². The first-order valence-electron chi connectivity index (χ1n) is 7.58. The largest absolute Gasteiger partial charge is 0.396 e. The fourth-order valence-electron chi connectivity index (χ4n) is 2.35. The maximum atomic E-state index is 10.3. The molecule has 5 heteroatoms. The van der Waals surface area contributed by atoms with Crippen LogP contribution in [0.25, 0.3) is 0 Å². The number of aliphatic hydroxyl groups excluding tert-OH is 1. The average molecular weight is 282 g/mol. The van der Waals surface area contributed by atoms with Gasteiger partial charge in [-0.05, 0) is 26.3 Å². The molecule has 3 N–H and O–H groups in total. The Hall–Kier alpha value is -1.07. The van der Waals surface area contributed by atoms with Crippen LogP contribution in [0.15, 0.2) is 0 Å².